The van der Waals surface area contributed by atoms with Crippen LogP contribution in [0, 0.1) is 6.92 Å². The summed E-state index contributed by atoms with van der Waals surface area (Å²) in [5, 5.41) is 0.678. The number of hydrogen-bond acceptors (Lipinski definition) is 1. The Kier molecular flexibility index (Phi) is 2.91. The molecule has 0 bridgehead atoms. The van der Waals surface area contributed by atoms with E-state index < -0.39 is 0 Å². The largest absolute Gasteiger partial charge is 0.326 e. The van der Waals surface area contributed by atoms with E-state index >= 15 is 0 Å². The molecule has 3 aromatic rings. The maximum Gasteiger partial charge on any atom is 0.326 e. The third kappa shape index (κ3) is 2.06. The summed E-state index contributed by atoms with van der Waals surface area (Å²) in [6.45, 7) is 2.47. The van der Waals surface area contributed by atoms with Crippen LogP contribution in [0.2, 0.25) is 5.02 Å². The van der Waals surface area contributed by atoms with Crippen LogP contribution in [0.25, 0.3) is 11.0 Å². The highest BCUT2D eigenvalue weighted by Crippen LogP contribution is 2.19. The van der Waals surface area contributed by atoms with E-state index in [2.05, 4.69) is 4.98 Å². The Labute approximate surface area is 115 Å². The molecule has 0 spiro atoms. The van der Waals surface area contributed by atoms with Crippen LogP contribution in [0.15, 0.2) is 47.3 Å². The van der Waals surface area contributed by atoms with Gasteiger partial charge in [0, 0.05) is 5.02 Å². The molecule has 3 nitrogen and oxygen atoms in total. The number of hydrogen-bond donors (Lipinski definition) is 1. The fraction of sp³-hybridized carbons (Fsp3) is 0.133. The van der Waals surface area contributed by atoms with Gasteiger partial charge >= 0.3 is 5.69 Å². The van der Waals surface area contributed by atoms with E-state index in [0.717, 1.165) is 22.2 Å². The topological polar surface area (TPSA) is 37.8 Å². The molecule has 0 atom stereocenters. The van der Waals surface area contributed by atoms with E-state index in [0.29, 0.717) is 11.6 Å². The molecule has 0 amide bonds. The van der Waals surface area contributed by atoms with Crippen molar-refractivity contribution in [1.29, 1.82) is 0 Å². The lowest BCUT2D eigenvalue weighted by molar-refractivity contribution is 0.785. The molecule has 2 aromatic carbocycles. The first-order valence-corrected chi connectivity index (χ1v) is 6.46. The Morgan fingerprint density at radius 2 is 1.95 bits per heavy atom. The number of aromatic amines is 1. The lowest BCUT2D eigenvalue weighted by atomic mass is 10.2. The summed E-state index contributed by atoms with van der Waals surface area (Å²) in [4.78, 5) is 14.9. The zero-order valence-corrected chi connectivity index (χ0v) is 11.2. The summed E-state index contributed by atoms with van der Waals surface area (Å²) in [6.07, 6.45) is 0. The summed E-state index contributed by atoms with van der Waals surface area (Å²) in [6, 6.07) is 13.4. The molecule has 0 fully saturated rings. The summed E-state index contributed by atoms with van der Waals surface area (Å²) in [5.41, 5.74) is 3.70. The fourth-order valence-electron chi connectivity index (χ4n) is 2.35. The van der Waals surface area contributed by atoms with Crippen molar-refractivity contribution in [3.8, 4) is 0 Å². The van der Waals surface area contributed by atoms with Gasteiger partial charge in [-0.05, 0) is 30.2 Å². The van der Waals surface area contributed by atoms with E-state index in [1.807, 2.05) is 49.4 Å². The quantitative estimate of drug-likeness (QED) is 0.763. The zero-order valence-electron chi connectivity index (χ0n) is 10.5. The van der Waals surface area contributed by atoms with Gasteiger partial charge in [0.2, 0.25) is 0 Å². The smallest absolute Gasteiger partial charge is 0.306 e. The van der Waals surface area contributed by atoms with Gasteiger partial charge in [0.05, 0.1) is 17.6 Å². The Hall–Kier alpha value is -2.00. The first-order chi connectivity index (χ1) is 9.16. The SMILES string of the molecule is Cc1cccc2[nH]c(=O)n(Cc3ccccc3Cl)c12. The summed E-state index contributed by atoms with van der Waals surface area (Å²) >= 11 is 6.16. The number of benzene rings is 2. The molecule has 0 saturated heterocycles. The normalized spacial score (nSPS) is 11.1. The van der Waals surface area contributed by atoms with Crippen molar-refractivity contribution in [2.24, 2.45) is 0 Å². The molecule has 0 radical (unpaired) electrons. The lowest BCUT2D eigenvalue weighted by Gasteiger charge is -2.07. The van der Waals surface area contributed by atoms with Crippen molar-refractivity contribution in [1.82, 2.24) is 9.55 Å². The van der Waals surface area contributed by atoms with E-state index in [4.69, 9.17) is 11.6 Å². The second-order valence-electron chi connectivity index (χ2n) is 4.58. The molecule has 1 aromatic heterocycles. The van der Waals surface area contributed by atoms with E-state index in [1.54, 1.807) is 4.57 Å². The number of nitrogens with zero attached hydrogens (tertiary/aromatic N) is 1. The summed E-state index contributed by atoms with van der Waals surface area (Å²) < 4.78 is 1.73. The number of aromatic nitrogens is 2. The Morgan fingerprint density at radius 3 is 2.74 bits per heavy atom. The van der Waals surface area contributed by atoms with E-state index in [9.17, 15) is 4.79 Å². The first-order valence-electron chi connectivity index (χ1n) is 6.08. The average molecular weight is 273 g/mol. The van der Waals surface area contributed by atoms with Crippen LogP contribution in [-0.2, 0) is 6.54 Å². The Morgan fingerprint density at radius 1 is 1.16 bits per heavy atom. The molecule has 96 valence electrons. The van der Waals surface area contributed by atoms with E-state index in [-0.39, 0.29) is 5.69 Å². The standard InChI is InChI=1S/C15H13ClN2O/c1-10-5-4-8-13-14(10)18(15(19)17-13)9-11-6-2-3-7-12(11)16/h2-8H,9H2,1H3,(H,17,19). The van der Waals surface area contributed by atoms with Crippen LogP contribution in [-0.4, -0.2) is 9.55 Å². The molecule has 4 heteroatoms. The van der Waals surface area contributed by atoms with Gasteiger partial charge in [-0.25, -0.2) is 4.79 Å². The Balaban J connectivity index is 2.19. The van der Waals surface area contributed by atoms with Gasteiger partial charge in [-0.2, -0.15) is 0 Å². The number of halogens is 1. The highest BCUT2D eigenvalue weighted by molar-refractivity contribution is 6.31. The van der Waals surface area contributed by atoms with Gasteiger partial charge in [0.1, 0.15) is 0 Å². The van der Waals surface area contributed by atoms with Gasteiger partial charge in [0.25, 0.3) is 0 Å². The van der Waals surface area contributed by atoms with Crippen molar-refractivity contribution >= 4 is 22.6 Å². The number of aryl methyl sites for hydroxylation is 1. The minimum absolute atomic E-state index is 0.107. The minimum atomic E-state index is -0.107. The third-order valence-electron chi connectivity index (χ3n) is 3.28. The van der Waals surface area contributed by atoms with Gasteiger partial charge < -0.3 is 4.98 Å². The molecule has 19 heavy (non-hydrogen) atoms. The fourth-order valence-corrected chi connectivity index (χ4v) is 2.55. The number of fused-ring (bicyclic) bond motifs is 1. The van der Waals surface area contributed by atoms with Gasteiger partial charge in [-0.15, -0.1) is 0 Å². The van der Waals surface area contributed by atoms with Crippen molar-refractivity contribution in [2.45, 2.75) is 13.5 Å². The van der Waals surface area contributed by atoms with Crippen LogP contribution in [0.1, 0.15) is 11.1 Å². The van der Waals surface area contributed by atoms with Crippen LogP contribution < -0.4 is 5.69 Å². The van der Waals surface area contributed by atoms with Crippen LogP contribution >= 0.6 is 11.6 Å². The van der Waals surface area contributed by atoms with Crippen molar-refractivity contribution < 1.29 is 0 Å². The third-order valence-corrected chi connectivity index (χ3v) is 3.65. The van der Waals surface area contributed by atoms with Crippen LogP contribution in [0.3, 0.4) is 0 Å². The summed E-state index contributed by atoms with van der Waals surface area (Å²) in [7, 11) is 0. The van der Waals surface area contributed by atoms with Crippen molar-refractivity contribution in [2.75, 3.05) is 0 Å². The molecular formula is C15H13ClN2O. The molecule has 0 saturated carbocycles. The number of para-hydroxylation sites is 1. The molecule has 0 aliphatic carbocycles. The molecule has 0 unspecified atom stereocenters. The second-order valence-corrected chi connectivity index (χ2v) is 4.99. The predicted octanol–water partition coefficient (Wildman–Crippen LogP) is 3.34. The minimum Gasteiger partial charge on any atom is -0.306 e. The molecule has 3 rings (SSSR count). The average Bonchev–Trinajstić information content (AvgIpc) is 2.70. The van der Waals surface area contributed by atoms with Gasteiger partial charge in [-0.3, -0.25) is 4.57 Å². The molecule has 0 aliphatic heterocycles. The number of rotatable bonds is 2. The monoisotopic (exact) mass is 272 g/mol. The van der Waals surface area contributed by atoms with Crippen molar-refractivity contribution in [3.05, 3.63) is 69.1 Å². The predicted molar refractivity (Wildman–Crippen MR) is 77.8 cm³/mol. The Bertz CT molecular complexity index is 801. The highest BCUT2D eigenvalue weighted by Gasteiger charge is 2.10. The number of H-pyrrole nitrogens is 1. The molecule has 0 aliphatic rings. The maximum atomic E-state index is 12.1. The van der Waals surface area contributed by atoms with Crippen molar-refractivity contribution in [3.63, 3.8) is 0 Å². The maximum absolute atomic E-state index is 12.1. The zero-order chi connectivity index (χ0) is 13.4. The summed E-state index contributed by atoms with van der Waals surface area (Å²) in [5.74, 6) is 0. The number of nitrogens with one attached hydrogen (secondary N) is 1. The van der Waals surface area contributed by atoms with Gasteiger partial charge in [0.15, 0.2) is 0 Å². The van der Waals surface area contributed by atoms with Crippen LogP contribution in [0.5, 0.6) is 0 Å². The molecule has 1 heterocycles. The first kappa shape index (κ1) is 12.1. The molecular weight excluding hydrogens is 260 g/mol. The highest BCUT2D eigenvalue weighted by atomic mass is 35.5. The molecule has 1 N–H and O–H groups in total. The number of imidazole rings is 1. The van der Waals surface area contributed by atoms with Gasteiger partial charge in [-0.1, -0.05) is 41.9 Å². The lowest BCUT2D eigenvalue weighted by Crippen LogP contribution is -2.17. The van der Waals surface area contributed by atoms with E-state index in [1.165, 1.54) is 0 Å². The van der Waals surface area contributed by atoms with Crippen LogP contribution in [0.4, 0.5) is 0 Å². The second kappa shape index (κ2) is 4.59.